The lowest BCUT2D eigenvalue weighted by Crippen LogP contribution is -2.26. The van der Waals surface area contributed by atoms with Crippen molar-refractivity contribution >= 4 is 11.6 Å². The second kappa shape index (κ2) is 8.76. The van der Waals surface area contributed by atoms with Gasteiger partial charge in [0, 0.05) is 5.02 Å². The molecule has 4 heteroatoms. The SMILES string of the molecule is CCOc1c(C(C)C)cc(Cl)cc1C(C)CC(O)C(O)CC. The molecule has 0 bridgehead atoms. The first-order valence-corrected chi connectivity index (χ1v) is 8.51. The fourth-order valence-corrected chi connectivity index (χ4v) is 2.90. The smallest absolute Gasteiger partial charge is 0.126 e. The number of aliphatic hydroxyl groups excluding tert-OH is 2. The van der Waals surface area contributed by atoms with Crippen LogP contribution in [0.25, 0.3) is 0 Å². The summed E-state index contributed by atoms with van der Waals surface area (Å²) in [6.45, 7) is 10.7. The molecule has 22 heavy (non-hydrogen) atoms. The molecule has 0 spiro atoms. The number of ether oxygens (including phenoxy) is 1. The minimum atomic E-state index is -0.740. The molecule has 3 atom stereocenters. The molecule has 0 radical (unpaired) electrons. The predicted molar refractivity (Wildman–Crippen MR) is 92.0 cm³/mol. The molecule has 3 unspecified atom stereocenters. The second-order valence-corrected chi connectivity index (χ2v) is 6.62. The molecule has 0 amide bonds. The highest BCUT2D eigenvalue weighted by Crippen LogP contribution is 2.39. The summed E-state index contributed by atoms with van der Waals surface area (Å²) >= 11 is 6.27. The monoisotopic (exact) mass is 328 g/mol. The Bertz CT molecular complexity index is 474. The van der Waals surface area contributed by atoms with Crippen molar-refractivity contribution < 1.29 is 14.9 Å². The minimum Gasteiger partial charge on any atom is -0.493 e. The first-order chi connectivity index (χ1) is 10.3. The molecule has 1 aromatic rings. The summed E-state index contributed by atoms with van der Waals surface area (Å²) in [7, 11) is 0. The van der Waals surface area contributed by atoms with Gasteiger partial charge in [0.2, 0.25) is 0 Å². The Morgan fingerprint density at radius 1 is 1.05 bits per heavy atom. The average molecular weight is 329 g/mol. The molecule has 0 fully saturated rings. The maximum absolute atomic E-state index is 10.1. The van der Waals surface area contributed by atoms with Crippen LogP contribution >= 0.6 is 11.6 Å². The van der Waals surface area contributed by atoms with Gasteiger partial charge in [0.1, 0.15) is 5.75 Å². The van der Waals surface area contributed by atoms with E-state index in [9.17, 15) is 10.2 Å². The van der Waals surface area contributed by atoms with Crippen molar-refractivity contribution in [3.8, 4) is 5.75 Å². The van der Waals surface area contributed by atoms with Crippen molar-refractivity contribution in [2.45, 2.75) is 71.5 Å². The van der Waals surface area contributed by atoms with Gasteiger partial charge in [-0.2, -0.15) is 0 Å². The van der Waals surface area contributed by atoms with Crippen molar-refractivity contribution in [2.75, 3.05) is 6.61 Å². The molecule has 0 heterocycles. The maximum atomic E-state index is 10.1. The average Bonchev–Trinajstić information content (AvgIpc) is 2.47. The molecule has 1 aromatic carbocycles. The van der Waals surface area contributed by atoms with Gasteiger partial charge in [-0.25, -0.2) is 0 Å². The fraction of sp³-hybridized carbons (Fsp3) is 0.667. The minimum absolute atomic E-state index is 0.0500. The summed E-state index contributed by atoms with van der Waals surface area (Å²) in [6, 6.07) is 3.86. The van der Waals surface area contributed by atoms with Crippen molar-refractivity contribution in [1.29, 1.82) is 0 Å². The third-order valence-electron chi connectivity index (χ3n) is 4.01. The fourth-order valence-electron chi connectivity index (χ4n) is 2.66. The molecule has 0 aromatic heterocycles. The lowest BCUT2D eigenvalue weighted by atomic mass is 9.88. The number of aliphatic hydroxyl groups is 2. The second-order valence-electron chi connectivity index (χ2n) is 6.18. The van der Waals surface area contributed by atoms with E-state index >= 15 is 0 Å². The van der Waals surface area contributed by atoms with Crippen LogP contribution in [0.2, 0.25) is 5.02 Å². The van der Waals surface area contributed by atoms with Crippen LogP contribution in [-0.4, -0.2) is 29.0 Å². The topological polar surface area (TPSA) is 49.7 Å². The Hall–Kier alpha value is -0.770. The number of hydrogen-bond acceptors (Lipinski definition) is 3. The molecule has 0 aliphatic carbocycles. The van der Waals surface area contributed by atoms with E-state index in [1.54, 1.807) is 0 Å². The highest BCUT2D eigenvalue weighted by molar-refractivity contribution is 6.30. The molecule has 126 valence electrons. The highest BCUT2D eigenvalue weighted by Gasteiger charge is 2.23. The van der Waals surface area contributed by atoms with E-state index in [1.165, 1.54) is 0 Å². The van der Waals surface area contributed by atoms with Gasteiger partial charge in [-0.05, 0) is 54.9 Å². The van der Waals surface area contributed by atoms with Gasteiger partial charge in [-0.1, -0.05) is 39.3 Å². The van der Waals surface area contributed by atoms with Crippen LogP contribution in [0, 0.1) is 0 Å². The Kier molecular flexibility index (Phi) is 7.67. The molecular formula is C18H29ClO3. The third kappa shape index (κ3) is 4.87. The summed E-state index contributed by atoms with van der Waals surface area (Å²) in [4.78, 5) is 0. The Morgan fingerprint density at radius 3 is 2.14 bits per heavy atom. The van der Waals surface area contributed by atoms with Gasteiger partial charge in [-0.15, -0.1) is 0 Å². The van der Waals surface area contributed by atoms with Gasteiger partial charge >= 0.3 is 0 Å². The molecule has 0 saturated carbocycles. The lowest BCUT2D eigenvalue weighted by molar-refractivity contribution is 0.00941. The summed E-state index contributed by atoms with van der Waals surface area (Å²) in [5.74, 6) is 1.22. The van der Waals surface area contributed by atoms with Crippen LogP contribution in [0.5, 0.6) is 5.75 Å². The van der Waals surface area contributed by atoms with Gasteiger partial charge in [0.15, 0.2) is 0 Å². The van der Waals surface area contributed by atoms with Crippen LogP contribution in [0.3, 0.4) is 0 Å². The van der Waals surface area contributed by atoms with Gasteiger partial charge in [-0.3, -0.25) is 0 Å². The molecule has 0 saturated heterocycles. The molecule has 0 aliphatic rings. The van der Waals surface area contributed by atoms with E-state index in [2.05, 4.69) is 13.8 Å². The number of hydrogen-bond donors (Lipinski definition) is 2. The Morgan fingerprint density at radius 2 is 1.64 bits per heavy atom. The van der Waals surface area contributed by atoms with Gasteiger partial charge < -0.3 is 14.9 Å². The van der Waals surface area contributed by atoms with E-state index in [0.29, 0.717) is 30.4 Å². The first kappa shape index (κ1) is 19.3. The zero-order valence-electron chi connectivity index (χ0n) is 14.3. The highest BCUT2D eigenvalue weighted by atomic mass is 35.5. The number of benzene rings is 1. The van der Waals surface area contributed by atoms with Gasteiger partial charge in [0.05, 0.1) is 18.8 Å². The first-order valence-electron chi connectivity index (χ1n) is 8.13. The summed E-state index contributed by atoms with van der Waals surface area (Å²) in [5.41, 5.74) is 2.09. The number of rotatable bonds is 8. The summed E-state index contributed by atoms with van der Waals surface area (Å²) in [6.07, 6.45) is -0.413. The van der Waals surface area contributed by atoms with Crippen LogP contribution in [0.4, 0.5) is 0 Å². The Balaban J connectivity index is 3.15. The van der Waals surface area contributed by atoms with E-state index in [-0.39, 0.29) is 5.92 Å². The largest absolute Gasteiger partial charge is 0.493 e. The molecular weight excluding hydrogens is 300 g/mol. The normalized spacial score (nSPS) is 15.7. The van der Waals surface area contributed by atoms with Gasteiger partial charge in [0.25, 0.3) is 0 Å². The zero-order valence-corrected chi connectivity index (χ0v) is 15.0. The number of halogens is 1. The van der Waals surface area contributed by atoms with E-state index in [4.69, 9.17) is 16.3 Å². The molecule has 2 N–H and O–H groups in total. The standard InChI is InChI=1S/C18H29ClO3/c1-6-16(20)17(21)8-12(5)15-10-13(19)9-14(11(3)4)18(15)22-7-2/h9-12,16-17,20-21H,6-8H2,1-5H3. The summed E-state index contributed by atoms with van der Waals surface area (Å²) in [5, 5.41) is 20.6. The van der Waals surface area contributed by atoms with Crippen molar-refractivity contribution in [3.05, 3.63) is 28.3 Å². The summed E-state index contributed by atoms with van der Waals surface area (Å²) < 4.78 is 5.87. The lowest BCUT2D eigenvalue weighted by Gasteiger charge is -2.24. The van der Waals surface area contributed by atoms with E-state index in [0.717, 1.165) is 16.9 Å². The zero-order chi connectivity index (χ0) is 16.9. The molecule has 1 rings (SSSR count). The van der Waals surface area contributed by atoms with E-state index < -0.39 is 12.2 Å². The van der Waals surface area contributed by atoms with Crippen molar-refractivity contribution in [2.24, 2.45) is 0 Å². The van der Waals surface area contributed by atoms with E-state index in [1.807, 2.05) is 32.9 Å². The maximum Gasteiger partial charge on any atom is 0.126 e. The van der Waals surface area contributed by atoms with Crippen LogP contribution in [-0.2, 0) is 0 Å². The predicted octanol–water partition coefficient (Wildman–Crippen LogP) is 4.49. The Labute approximate surface area is 139 Å². The third-order valence-corrected chi connectivity index (χ3v) is 4.23. The molecule has 3 nitrogen and oxygen atoms in total. The quantitative estimate of drug-likeness (QED) is 0.739. The van der Waals surface area contributed by atoms with Crippen molar-refractivity contribution in [1.82, 2.24) is 0 Å². The van der Waals surface area contributed by atoms with Crippen LogP contribution in [0.1, 0.15) is 70.4 Å². The molecule has 0 aliphatic heterocycles. The van der Waals surface area contributed by atoms with Crippen LogP contribution < -0.4 is 4.74 Å². The van der Waals surface area contributed by atoms with Crippen LogP contribution in [0.15, 0.2) is 12.1 Å². The van der Waals surface area contributed by atoms with Crippen molar-refractivity contribution in [3.63, 3.8) is 0 Å².